The number of hydrogen-bond donors (Lipinski definition) is 0. The van der Waals surface area contributed by atoms with Crippen molar-refractivity contribution in [3.8, 4) is 0 Å². The molecule has 2 saturated carbocycles. The van der Waals surface area contributed by atoms with Gasteiger partial charge in [0.15, 0.2) is 9.84 Å². The Balaban J connectivity index is 1.39. The van der Waals surface area contributed by atoms with Gasteiger partial charge in [0.2, 0.25) is 0 Å². The number of ether oxygens (including phenoxy) is 1. The lowest BCUT2D eigenvalue weighted by Gasteiger charge is -2.32. The van der Waals surface area contributed by atoms with Crippen molar-refractivity contribution in [2.45, 2.75) is 54.8 Å². The highest BCUT2D eigenvalue weighted by Gasteiger charge is 2.44. The topological polar surface area (TPSA) is 60.4 Å². The summed E-state index contributed by atoms with van der Waals surface area (Å²) in [5, 5.41) is 1.27. The van der Waals surface area contributed by atoms with Crippen LogP contribution in [0.25, 0.3) is 10.8 Å². The number of fused-ring (bicyclic) bond motifs is 3. The van der Waals surface area contributed by atoms with Crippen LogP contribution in [0.2, 0.25) is 0 Å². The summed E-state index contributed by atoms with van der Waals surface area (Å²) < 4.78 is 32.8. The van der Waals surface area contributed by atoms with E-state index in [9.17, 15) is 13.2 Å². The summed E-state index contributed by atoms with van der Waals surface area (Å²) in [5.74, 6) is 0.455. The molecule has 0 heterocycles. The highest BCUT2D eigenvalue weighted by Crippen LogP contribution is 2.44. The van der Waals surface area contributed by atoms with Crippen molar-refractivity contribution in [1.82, 2.24) is 0 Å². The fraction of sp³-hybridized carbons (Fsp3) is 0.458. The van der Waals surface area contributed by atoms with Gasteiger partial charge in [0.05, 0.1) is 10.8 Å². The maximum Gasteiger partial charge on any atom is 0.309 e. The first kappa shape index (κ1) is 18.9. The first-order chi connectivity index (χ1) is 14.0. The molecule has 2 aromatic carbocycles. The SMILES string of the molecule is O=C(O[C@H]1CCCC[C@@H]1S(=O)(=O)c1ccc2ccccc2c1)[C@H]1C[C@H]2C=C[C@@H]1C2. The van der Waals surface area contributed by atoms with E-state index >= 15 is 0 Å². The van der Waals surface area contributed by atoms with Crippen LogP contribution in [0.1, 0.15) is 38.5 Å². The molecule has 0 unspecified atom stereocenters. The lowest BCUT2D eigenvalue weighted by Crippen LogP contribution is -2.41. The van der Waals surface area contributed by atoms with E-state index in [0.29, 0.717) is 23.7 Å². The smallest absolute Gasteiger partial charge is 0.309 e. The Morgan fingerprint density at radius 1 is 0.931 bits per heavy atom. The van der Waals surface area contributed by atoms with Crippen LogP contribution in [0.15, 0.2) is 59.5 Å². The molecule has 29 heavy (non-hydrogen) atoms. The van der Waals surface area contributed by atoms with Gasteiger partial charge in [-0.25, -0.2) is 8.42 Å². The minimum atomic E-state index is -3.57. The minimum absolute atomic E-state index is 0.101. The molecule has 5 heteroatoms. The van der Waals surface area contributed by atoms with Crippen LogP contribution < -0.4 is 0 Å². The van der Waals surface area contributed by atoms with Gasteiger partial charge in [-0.2, -0.15) is 0 Å². The van der Waals surface area contributed by atoms with Crippen LogP contribution in [0.3, 0.4) is 0 Å². The molecule has 3 aliphatic carbocycles. The lowest BCUT2D eigenvalue weighted by atomic mass is 9.93. The second-order valence-electron chi connectivity index (χ2n) is 8.74. The van der Waals surface area contributed by atoms with Gasteiger partial charge in [0, 0.05) is 0 Å². The predicted octanol–water partition coefficient (Wildman–Crippen LogP) is 4.68. The van der Waals surface area contributed by atoms with E-state index in [1.807, 2.05) is 30.3 Å². The zero-order valence-corrected chi connectivity index (χ0v) is 17.2. The second-order valence-corrected chi connectivity index (χ2v) is 10.9. The number of esters is 1. The highest BCUT2D eigenvalue weighted by molar-refractivity contribution is 7.92. The van der Waals surface area contributed by atoms with E-state index in [1.54, 1.807) is 12.1 Å². The zero-order valence-electron chi connectivity index (χ0n) is 16.4. The molecule has 4 nitrogen and oxygen atoms in total. The van der Waals surface area contributed by atoms with Crippen molar-refractivity contribution in [2.75, 3.05) is 0 Å². The Hall–Kier alpha value is -2.14. The summed E-state index contributed by atoms with van der Waals surface area (Å²) in [6, 6.07) is 13.0. The quantitative estimate of drug-likeness (QED) is 0.542. The van der Waals surface area contributed by atoms with Gasteiger partial charge in [0.25, 0.3) is 0 Å². The van der Waals surface area contributed by atoms with E-state index < -0.39 is 21.2 Å². The Morgan fingerprint density at radius 2 is 1.72 bits per heavy atom. The van der Waals surface area contributed by atoms with Crippen LogP contribution in [-0.2, 0) is 19.4 Å². The van der Waals surface area contributed by atoms with Gasteiger partial charge >= 0.3 is 5.97 Å². The largest absolute Gasteiger partial charge is 0.461 e. The molecule has 0 aliphatic heterocycles. The Bertz CT molecular complexity index is 1070. The molecule has 3 aliphatic rings. The standard InChI is InChI=1S/C24H26O4S/c25-24(21-14-16-9-10-19(21)13-16)28-22-7-3-4-8-23(22)29(26,27)20-12-11-17-5-1-2-6-18(17)15-20/h1-2,5-6,9-12,15-16,19,21-23H,3-4,7-8,13-14H2/t16-,19+,21-,22-,23-/m0/s1. The highest BCUT2D eigenvalue weighted by atomic mass is 32.2. The predicted molar refractivity (Wildman–Crippen MR) is 112 cm³/mol. The third-order valence-corrected chi connectivity index (χ3v) is 9.19. The first-order valence-corrected chi connectivity index (χ1v) is 12.2. The number of benzene rings is 2. The number of sulfone groups is 1. The maximum absolute atomic E-state index is 13.5. The Kier molecular flexibility index (Phi) is 4.73. The third-order valence-electron chi connectivity index (χ3n) is 6.94. The van der Waals surface area contributed by atoms with Crippen molar-refractivity contribution >= 4 is 26.6 Å². The minimum Gasteiger partial charge on any atom is -0.461 e. The molecule has 5 atom stereocenters. The van der Waals surface area contributed by atoms with E-state index in [0.717, 1.165) is 36.5 Å². The van der Waals surface area contributed by atoms with Crippen LogP contribution in [0, 0.1) is 17.8 Å². The summed E-state index contributed by atoms with van der Waals surface area (Å²) in [6.07, 6.45) is 8.57. The monoisotopic (exact) mass is 410 g/mol. The van der Waals surface area contributed by atoms with Crippen molar-refractivity contribution in [2.24, 2.45) is 17.8 Å². The molecule has 0 saturated heterocycles. The molecular formula is C24H26O4S. The Labute approximate surface area is 171 Å². The van der Waals surface area contributed by atoms with Crippen LogP contribution in [-0.4, -0.2) is 25.7 Å². The molecule has 152 valence electrons. The van der Waals surface area contributed by atoms with Gasteiger partial charge < -0.3 is 4.74 Å². The summed E-state index contributed by atoms with van der Waals surface area (Å²) in [6.45, 7) is 0. The fourth-order valence-electron chi connectivity index (χ4n) is 5.36. The first-order valence-electron chi connectivity index (χ1n) is 10.6. The van der Waals surface area contributed by atoms with Crippen molar-refractivity contribution in [1.29, 1.82) is 0 Å². The molecule has 0 amide bonds. The molecular weight excluding hydrogens is 384 g/mol. The molecule has 2 aromatic rings. The third kappa shape index (κ3) is 3.39. The van der Waals surface area contributed by atoms with Gasteiger partial charge in [-0.15, -0.1) is 0 Å². The summed E-state index contributed by atoms with van der Waals surface area (Å²) in [4.78, 5) is 13.2. The number of rotatable bonds is 4. The van der Waals surface area contributed by atoms with Crippen molar-refractivity contribution in [3.63, 3.8) is 0 Å². The average molecular weight is 411 g/mol. The zero-order chi connectivity index (χ0) is 20.0. The molecule has 0 spiro atoms. The van der Waals surface area contributed by atoms with Crippen LogP contribution in [0.4, 0.5) is 0 Å². The molecule has 2 fully saturated rings. The fourth-order valence-corrected chi connectivity index (χ4v) is 7.33. The number of carbonyl (C=O) groups is 1. The summed E-state index contributed by atoms with van der Waals surface area (Å²) in [7, 11) is -3.57. The maximum atomic E-state index is 13.5. The second kappa shape index (κ2) is 7.28. The molecule has 2 bridgehead atoms. The van der Waals surface area contributed by atoms with Crippen LogP contribution >= 0.6 is 0 Å². The molecule has 0 radical (unpaired) electrons. The van der Waals surface area contributed by atoms with Gasteiger partial charge in [0.1, 0.15) is 11.4 Å². The average Bonchev–Trinajstić information content (AvgIpc) is 3.37. The van der Waals surface area contributed by atoms with Crippen LogP contribution in [0.5, 0.6) is 0 Å². The molecule has 5 rings (SSSR count). The molecule has 0 aromatic heterocycles. The van der Waals surface area contributed by atoms with E-state index in [2.05, 4.69) is 12.2 Å². The summed E-state index contributed by atoms with van der Waals surface area (Å²) >= 11 is 0. The van der Waals surface area contributed by atoms with Gasteiger partial charge in [-0.3, -0.25) is 4.79 Å². The van der Waals surface area contributed by atoms with Crippen molar-refractivity contribution < 1.29 is 17.9 Å². The molecule has 0 N–H and O–H groups in total. The van der Waals surface area contributed by atoms with Crippen molar-refractivity contribution in [3.05, 3.63) is 54.6 Å². The Morgan fingerprint density at radius 3 is 2.48 bits per heavy atom. The number of hydrogen-bond acceptors (Lipinski definition) is 4. The summed E-state index contributed by atoms with van der Waals surface area (Å²) in [5.41, 5.74) is 0. The van der Waals surface area contributed by atoms with E-state index in [1.165, 1.54) is 0 Å². The van der Waals surface area contributed by atoms with E-state index in [-0.39, 0.29) is 17.8 Å². The number of allylic oxidation sites excluding steroid dienone is 2. The normalized spacial score (nSPS) is 31.2. The van der Waals surface area contributed by atoms with Gasteiger partial charge in [-0.1, -0.05) is 48.9 Å². The van der Waals surface area contributed by atoms with Gasteiger partial charge in [-0.05, 0) is 66.8 Å². The number of carbonyl (C=O) groups excluding carboxylic acids is 1. The van der Waals surface area contributed by atoms with E-state index in [4.69, 9.17) is 4.74 Å². The lowest BCUT2D eigenvalue weighted by molar-refractivity contribution is -0.156.